The Labute approximate surface area is 170 Å². The number of nitrogens with zero attached hydrogens (tertiary/aromatic N) is 2. The van der Waals surface area contributed by atoms with Crippen molar-refractivity contribution in [2.75, 3.05) is 22.9 Å². The van der Waals surface area contributed by atoms with Crippen molar-refractivity contribution in [1.82, 2.24) is 4.31 Å². The summed E-state index contributed by atoms with van der Waals surface area (Å²) in [5.74, 6) is -1.44. The molecule has 28 heavy (non-hydrogen) atoms. The topological polar surface area (TPSA) is 98.9 Å². The third-order valence-electron chi connectivity index (χ3n) is 4.21. The van der Waals surface area contributed by atoms with Gasteiger partial charge in [0.1, 0.15) is 15.8 Å². The van der Waals surface area contributed by atoms with Gasteiger partial charge >= 0.3 is 0 Å². The number of carbonyl (C=O) groups excluding carboxylic acids is 2. The number of thiophene rings is 1. The minimum absolute atomic E-state index is 0.0249. The van der Waals surface area contributed by atoms with E-state index in [1.54, 1.807) is 0 Å². The van der Waals surface area contributed by atoms with Gasteiger partial charge < -0.3 is 11.1 Å². The van der Waals surface area contributed by atoms with Gasteiger partial charge in [0.15, 0.2) is 0 Å². The summed E-state index contributed by atoms with van der Waals surface area (Å²) in [4.78, 5) is 24.0. The van der Waals surface area contributed by atoms with Crippen LogP contribution in [0.2, 0.25) is 0 Å². The zero-order valence-electron chi connectivity index (χ0n) is 15.1. The van der Waals surface area contributed by atoms with Gasteiger partial charge in [-0.3, -0.25) is 14.8 Å². The van der Waals surface area contributed by atoms with Crippen molar-refractivity contribution >= 4 is 45.3 Å². The van der Waals surface area contributed by atoms with Crippen LogP contribution in [0.15, 0.2) is 30.3 Å². The molecule has 1 fully saturated rings. The SMILES string of the molecule is NC(=O)c1cc(N(O)SN2CCCCC2)sc1NC(=O)Cc1ccc(F)cc1. The van der Waals surface area contributed by atoms with Crippen LogP contribution < -0.4 is 15.5 Å². The largest absolute Gasteiger partial charge is 0.366 e. The maximum atomic E-state index is 13.0. The van der Waals surface area contributed by atoms with E-state index in [2.05, 4.69) is 5.32 Å². The van der Waals surface area contributed by atoms with Crippen LogP contribution in [-0.2, 0) is 11.2 Å². The second-order valence-electron chi connectivity index (χ2n) is 6.39. The fourth-order valence-electron chi connectivity index (χ4n) is 2.80. The standard InChI is InChI=1S/C18H21FN4O3S2/c19-13-6-4-12(5-7-13)10-15(24)21-18-14(17(20)25)11-16(27-18)23(26)28-22-8-2-1-3-9-22/h4-7,11,26H,1-3,8-10H2,(H2,20,25)(H,21,24). The molecule has 2 heterocycles. The maximum absolute atomic E-state index is 13.0. The molecule has 1 aliphatic heterocycles. The first kappa shape index (κ1) is 20.6. The average molecular weight is 425 g/mol. The van der Waals surface area contributed by atoms with E-state index in [4.69, 9.17) is 5.73 Å². The Kier molecular flexibility index (Phi) is 6.89. The van der Waals surface area contributed by atoms with Crippen LogP contribution in [0, 0.1) is 5.82 Å². The molecule has 150 valence electrons. The fraction of sp³-hybridized carbons (Fsp3) is 0.333. The normalized spacial score (nSPS) is 14.6. The zero-order valence-corrected chi connectivity index (χ0v) is 16.7. The highest BCUT2D eigenvalue weighted by Crippen LogP contribution is 2.37. The molecule has 1 saturated heterocycles. The smallest absolute Gasteiger partial charge is 0.251 e. The molecule has 0 aliphatic carbocycles. The van der Waals surface area contributed by atoms with Gasteiger partial charge in [0, 0.05) is 13.1 Å². The first-order valence-electron chi connectivity index (χ1n) is 8.82. The van der Waals surface area contributed by atoms with Gasteiger partial charge in [-0.1, -0.05) is 29.9 Å². The van der Waals surface area contributed by atoms with Crippen LogP contribution >= 0.6 is 23.5 Å². The lowest BCUT2D eigenvalue weighted by atomic mass is 10.1. The highest BCUT2D eigenvalue weighted by atomic mass is 32.2. The number of halogens is 1. The summed E-state index contributed by atoms with van der Waals surface area (Å²) in [7, 11) is 0. The molecule has 1 aliphatic rings. The van der Waals surface area contributed by atoms with E-state index in [9.17, 15) is 19.2 Å². The summed E-state index contributed by atoms with van der Waals surface area (Å²) >= 11 is 2.22. The quantitative estimate of drug-likeness (QED) is 0.465. The number of hydrogen-bond donors (Lipinski definition) is 3. The molecule has 0 atom stereocenters. The first-order valence-corrected chi connectivity index (χ1v) is 10.4. The molecule has 0 bridgehead atoms. The van der Waals surface area contributed by atoms with Crippen LogP contribution in [0.5, 0.6) is 0 Å². The Morgan fingerprint density at radius 1 is 1.25 bits per heavy atom. The van der Waals surface area contributed by atoms with Gasteiger partial charge in [0.25, 0.3) is 5.91 Å². The lowest BCUT2D eigenvalue weighted by molar-refractivity contribution is -0.115. The van der Waals surface area contributed by atoms with Crippen molar-refractivity contribution in [2.24, 2.45) is 5.73 Å². The van der Waals surface area contributed by atoms with Crippen molar-refractivity contribution in [1.29, 1.82) is 0 Å². The summed E-state index contributed by atoms with van der Waals surface area (Å²) in [6.45, 7) is 1.74. The molecule has 0 radical (unpaired) electrons. The third-order valence-corrected chi connectivity index (χ3v) is 6.30. The lowest BCUT2D eigenvalue weighted by Gasteiger charge is -2.27. The van der Waals surface area contributed by atoms with E-state index in [0.29, 0.717) is 10.6 Å². The highest BCUT2D eigenvalue weighted by molar-refractivity contribution is 7.98. The van der Waals surface area contributed by atoms with Crippen LogP contribution in [0.25, 0.3) is 0 Å². The summed E-state index contributed by atoms with van der Waals surface area (Å²) in [5, 5.41) is 13.7. The number of carbonyl (C=O) groups is 2. The Morgan fingerprint density at radius 3 is 2.57 bits per heavy atom. The monoisotopic (exact) mass is 424 g/mol. The minimum atomic E-state index is -0.698. The van der Waals surface area contributed by atoms with Gasteiger partial charge in [-0.05, 0) is 36.6 Å². The minimum Gasteiger partial charge on any atom is -0.366 e. The molecule has 10 heteroatoms. The number of nitrogens with one attached hydrogen (secondary N) is 1. The number of amides is 2. The predicted molar refractivity (Wildman–Crippen MR) is 109 cm³/mol. The van der Waals surface area contributed by atoms with Crippen molar-refractivity contribution < 1.29 is 19.2 Å². The molecule has 0 saturated carbocycles. The maximum Gasteiger partial charge on any atom is 0.251 e. The number of benzene rings is 1. The van der Waals surface area contributed by atoms with Gasteiger partial charge in [0.05, 0.1) is 24.1 Å². The number of rotatable bonds is 7. The molecule has 0 unspecified atom stereocenters. The van der Waals surface area contributed by atoms with Gasteiger partial charge in [-0.25, -0.2) is 8.70 Å². The third kappa shape index (κ3) is 5.44. The second-order valence-corrected chi connectivity index (χ2v) is 8.44. The van der Waals surface area contributed by atoms with Crippen LogP contribution in [-0.4, -0.2) is 34.4 Å². The summed E-state index contributed by atoms with van der Waals surface area (Å²) < 4.78 is 16.0. The number of piperidine rings is 1. The van der Waals surface area contributed by atoms with Crippen molar-refractivity contribution in [3.05, 3.63) is 47.3 Å². The van der Waals surface area contributed by atoms with E-state index in [-0.39, 0.29) is 28.7 Å². The lowest BCUT2D eigenvalue weighted by Crippen LogP contribution is -2.27. The van der Waals surface area contributed by atoms with Crippen LogP contribution in [0.3, 0.4) is 0 Å². The van der Waals surface area contributed by atoms with E-state index < -0.39 is 5.91 Å². The van der Waals surface area contributed by atoms with E-state index in [1.165, 1.54) is 36.8 Å². The predicted octanol–water partition coefficient (Wildman–Crippen LogP) is 3.41. The molecule has 7 nitrogen and oxygen atoms in total. The highest BCUT2D eigenvalue weighted by Gasteiger charge is 2.21. The molecule has 2 amide bonds. The molecular formula is C18H21FN4O3S2. The van der Waals surface area contributed by atoms with Crippen molar-refractivity contribution in [3.8, 4) is 0 Å². The first-order chi connectivity index (χ1) is 13.4. The Morgan fingerprint density at radius 2 is 1.93 bits per heavy atom. The molecule has 1 aromatic heterocycles. The second kappa shape index (κ2) is 9.37. The summed E-state index contributed by atoms with van der Waals surface area (Å²) in [6.07, 6.45) is 3.35. The average Bonchev–Trinajstić information content (AvgIpc) is 3.08. The zero-order chi connectivity index (χ0) is 20.1. The summed E-state index contributed by atoms with van der Waals surface area (Å²) in [5.41, 5.74) is 6.18. The molecule has 4 N–H and O–H groups in total. The number of hydrogen-bond acceptors (Lipinski definition) is 7. The molecule has 3 rings (SSSR count). The van der Waals surface area contributed by atoms with Gasteiger partial charge in [-0.15, -0.1) is 0 Å². The molecule has 1 aromatic carbocycles. The van der Waals surface area contributed by atoms with Gasteiger partial charge in [0.2, 0.25) is 5.91 Å². The van der Waals surface area contributed by atoms with E-state index in [1.807, 2.05) is 4.31 Å². The Balaban J connectivity index is 1.68. The van der Waals surface area contributed by atoms with E-state index >= 15 is 0 Å². The number of primary amides is 1. The molecular weight excluding hydrogens is 403 g/mol. The van der Waals surface area contributed by atoms with E-state index in [0.717, 1.165) is 53.9 Å². The Bertz CT molecular complexity index is 838. The van der Waals surface area contributed by atoms with Crippen LogP contribution in [0.4, 0.5) is 14.4 Å². The fourth-order valence-corrected chi connectivity index (χ4v) is 4.69. The number of anilines is 2. The van der Waals surface area contributed by atoms with Gasteiger partial charge in [-0.2, -0.15) is 4.47 Å². The van der Waals surface area contributed by atoms with Crippen molar-refractivity contribution in [3.63, 3.8) is 0 Å². The van der Waals surface area contributed by atoms with Crippen LogP contribution in [0.1, 0.15) is 35.2 Å². The number of nitrogens with two attached hydrogens (primary N) is 1. The summed E-state index contributed by atoms with van der Waals surface area (Å²) in [6, 6.07) is 7.06. The molecule has 2 aromatic rings. The molecule has 0 spiro atoms. The van der Waals surface area contributed by atoms with Crippen molar-refractivity contribution in [2.45, 2.75) is 25.7 Å². The Hall–Kier alpha value is -2.14.